The van der Waals surface area contributed by atoms with Crippen LogP contribution in [0.2, 0.25) is 0 Å². The Kier molecular flexibility index (Phi) is 2.74. The fourth-order valence-corrected chi connectivity index (χ4v) is 5.85. The van der Waals surface area contributed by atoms with E-state index in [9.17, 15) is 0 Å². The Morgan fingerprint density at radius 3 is 2.04 bits per heavy atom. The molecule has 0 bridgehead atoms. The normalized spacial score (nSPS) is 13.1. The minimum atomic E-state index is 0.937. The van der Waals surface area contributed by atoms with E-state index < -0.39 is 0 Å². The van der Waals surface area contributed by atoms with E-state index in [0.717, 1.165) is 11.5 Å². The van der Waals surface area contributed by atoms with Crippen LogP contribution in [0.4, 0.5) is 0 Å². The highest BCUT2D eigenvalue weighted by molar-refractivity contribution is 7.99. The van der Waals surface area contributed by atoms with Crippen LogP contribution < -0.4 is 4.74 Å². The predicted molar refractivity (Wildman–Crippen MR) is 117 cm³/mol. The highest BCUT2D eigenvalue weighted by atomic mass is 32.2. The average Bonchev–Trinajstić information content (AvgIpc) is 2.76. The molecule has 28 heavy (non-hydrogen) atoms. The summed E-state index contributed by atoms with van der Waals surface area (Å²) in [5.74, 6) is 1.89. The fourth-order valence-electron chi connectivity index (χ4n) is 4.74. The van der Waals surface area contributed by atoms with Gasteiger partial charge in [-0.15, -0.1) is 0 Å². The summed E-state index contributed by atoms with van der Waals surface area (Å²) in [6.45, 7) is 0. The molecule has 7 rings (SSSR count). The molecule has 2 aliphatic heterocycles. The highest BCUT2D eigenvalue weighted by Gasteiger charge is 2.29. The fraction of sp³-hybridized carbons (Fsp3) is 0. The molecule has 0 amide bonds. The summed E-state index contributed by atoms with van der Waals surface area (Å²) in [5.41, 5.74) is 5.13. The Morgan fingerprint density at radius 1 is 0.500 bits per heavy atom. The summed E-state index contributed by atoms with van der Waals surface area (Å²) in [6.07, 6.45) is 0. The van der Waals surface area contributed by atoms with E-state index in [1.54, 1.807) is 0 Å². The number of hydrogen-bond donors (Lipinski definition) is 0. The first-order chi connectivity index (χ1) is 13.9. The lowest BCUT2D eigenvalue weighted by atomic mass is 9.84. The first-order valence-corrected chi connectivity index (χ1v) is 10.3. The van der Waals surface area contributed by atoms with Crippen molar-refractivity contribution in [3.8, 4) is 33.8 Å². The molecule has 5 aromatic carbocycles. The minimum Gasteiger partial charge on any atom is -0.456 e. The maximum Gasteiger partial charge on any atom is 0.136 e. The zero-order chi connectivity index (χ0) is 18.2. The Hall–Kier alpha value is -3.23. The van der Waals surface area contributed by atoms with Gasteiger partial charge in [0, 0.05) is 31.7 Å². The third-order valence-corrected chi connectivity index (χ3v) is 6.98. The van der Waals surface area contributed by atoms with Crippen molar-refractivity contribution in [2.75, 3.05) is 0 Å². The van der Waals surface area contributed by atoms with Crippen LogP contribution in [0.15, 0.2) is 94.7 Å². The maximum absolute atomic E-state index is 6.36. The number of ether oxygens (including phenoxy) is 1. The quantitative estimate of drug-likeness (QED) is 0.250. The van der Waals surface area contributed by atoms with E-state index in [0.29, 0.717) is 0 Å². The lowest BCUT2D eigenvalue weighted by molar-refractivity contribution is 0.487. The van der Waals surface area contributed by atoms with Crippen LogP contribution in [0.1, 0.15) is 0 Å². The Balaban J connectivity index is 1.81. The predicted octanol–water partition coefficient (Wildman–Crippen LogP) is 7.90. The molecule has 0 atom stereocenters. The monoisotopic (exact) mass is 374 g/mol. The number of benzene rings is 5. The molecule has 1 nitrogen and oxygen atoms in total. The second kappa shape index (κ2) is 5.18. The summed E-state index contributed by atoms with van der Waals surface area (Å²) in [7, 11) is 0. The van der Waals surface area contributed by atoms with E-state index in [1.807, 2.05) is 17.8 Å². The van der Waals surface area contributed by atoms with Gasteiger partial charge in [0.05, 0.1) is 0 Å². The number of rotatable bonds is 0. The SMILES string of the molecule is c1ccc2c(c1)Oc1ccc3c4c(c5ccccc5c-2c14)-c1ccccc1S3. The largest absolute Gasteiger partial charge is 0.456 e. The summed E-state index contributed by atoms with van der Waals surface area (Å²) in [5, 5.41) is 5.17. The van der Waals surface area contributed by atoms with Gasteiger partial charge in [-0.3, -0.25) is 0 Å². The summed E-state index contributed by atoms with van der Waals surface area (Å²) in [6, 6.07) is 30.3. The first-order valence-electron chi connectivity index (χ1n) is 9.46. The number of para-hydroxylation sites is 1. The maximum atomic E-state index is 6.36. The van der Waals surface area contributed by atoms with Crippen molar-refractivity contribution < 1.29 is 4.74 Å². The summed E-state index contributed by atoms with van der Waals surface area (Å²) >= 11 is 1.86. The molecule has 0 spiro atoms. The van der Waals surface area contributed by atoms with Gasteiger partial charge < -0.3 is 4.74 Å². The van der Waals surface area contributed by atoms with Crippen LogP contribution in [0, 0.1) is 0 Å². The lowest BCUT2D eigenvalue weighted by Crippen LogP contribution is -2.02. The van der Waals surface area contributed by atoms with Crippen LogP contribution in [-0.4, -0.2) is 0 Å². The molecule has 0 saturated carbocycles. The van der Waals surface area contributed by atoms with Gasteiger partial charge in [-0.25, -0.2) is 0 Å². The standard InChI is InChI=1S/C26H14OS/c1-2-8-16-15(7-1)23-17-9-3-5-11-19(17)27-20-13-14-22-26(25(20)23)24(16)18-10-4-6-12-21(18)28-22/h1-14H. The van der Waals surface area contributed by atoms with Gasteiger partial charge in [-0.05, 0) is 46.2 Å². The molecule has 130 valence electrons. The molecule has 5 aromatic rings. The zero-order valence-electron chi connectivity index (χ0n) is 14.9. The molecule has 2 heterocycles. The van der Waals surface area contributed by atoms with Crippen molar-refractivity contribution >= 4 is 33.3 Å². The molecule has 0 saturated heterocycles. The van der Waals surface area contributed by atoms with Crippen LogP contribution >= 0.6 is 11.8 Å². The minimum absolute atomic E-state index is 0.937. The molecule has 0 unspecified atom stereocenters. The van der Waals surface area contributed by atoms with Crippen LogP contribution in [0.5, 0.6) is 11.5 Å². The Morgan fingerprint density at radius 2 is 1.18 bits per heavy atom. The van der Waals surface area contributed by atoms with Crippen molar-refractivity contribution in [2.45, 2.75) is 9.79 Å². The van der Waals surface area contributed by atoms with Gasteiger partial charge in [0.2, 0.25) is 0 Å². The second-order valence-electron chi connectivity index (χ2n) is 7.30. The Labute approximate surface area is 166 Å². The van der Waals surface area contributed by atoms with Crippen molar-refractivity contribution in [3.63, 3.8) is 0 Å². The molecule has 2 aliphatic rings. The van der Waals surface area contributed by atoms with E-state index in [2.05, 4.69) is 78.9 Å². The smallest absolute Gasteiger partial charge is 0.136 e. The van der Waals surface area contributed by atoms with Gasteiger partial charge in [-0.2, -0.15) is 0 Å². The van der Waals surface area contributed by atoms with Crippen molar-refractivity contribution in [1.82, 2.24) is 0 Å². The van der Waals surface area contributed by atoms with E-state index in [-0.39, 0.29) is 0 Å². The molecule has 0 aliphatic carbocycles. The van der Waals surface area contributed by atoms with E-state index >= 15 is 0 Å². The molecule has 2 heteroatoms. The molecule has 0 fully saturated rings. The van der Waals surface area contributed by atoms with Crippen LogP contribution in [0.25, 0.3) is 43.8 Å². The van der Waals surface area contributed by atoms with Crippen LogP contribution in [-0.2, 0) is 0 Å². The van der Waals surface area contributed by atoms with Gasteiger partial charge >= 0.3 is 0 Å². The van der Waals surface area contributed by atoms with Crippen molar-refractivity contribution in [2.24, 2.45) is 0 Å². The van der Waals surface area contributed by atoms with E-state index in [1.165, 1.54) is 53.6 Å². The first kappa shape index (κ1) is 14.8. The van der Waals surface area contributed by atoms with Gasteiger partial charge in [0.15, 0.2) is 0 Å². The topological polar surface area (TPSA) is 9.23 Å². The summed E-state index contributed by atoms with van der Waals surface area (Å²) < 4.78 is 6.36. The highest BCUT2D eigenvalue weighted by Crippen LogP contribution is 2.58. The average molecular weight is 374 g/mol. The van der Waals surface area contributed by atoms with Crippen molar-refractivity contribution in [3.05, 3.63) is 84.9 Å². The molecule has 0 radical (unpaired) electrons. The second-order valence-corrected chi connectivity index (χ2v) is 8.39. The third kappa shape index (κ3) is 1.74. The number of hydrogen-bond acceptors (Lipinski definition) is 2. The summed E-state index contributed by atoms with van der Waals surface area (Å²) in [4.78, 5) is 2.63. The third-order valence-electron chi connectivity index (χ3n) is 5.85. The van der Waals surface area contributed by atoms with Gasteiger partial charge in [0.1, 0.15) is 11.5 Å². The molecular formula is C26H14OS. The molecule has 0 aromatic heterocycles. The van der Waals surface area contributed by atoms with Gasteiger partial charge in [0.25, 0.3) is 0 Å². The zero-order valence-corrected chi connectivity index (χ0v) is 15.7. The lowest BCUT2D eigenvalue weighted by Gasteiger charge is -2.29. The van der Waals surface area contributed by atoms with Gasteiger partial charge in [-0.1, -0.05) is 72.4 Å². The molecular weight excluding hydrogens is 360 g/mol. The van der Waals surface area contributed by atoms with Crippen LogP contribution in [0.3, 0.4) is 0 Å². The number of fused-ring (bicyclic) bond motifs is 7. The Bertz CT molecular complexity index is 1350. The van der Waals surface area contributed by atoms with Crippen molar-refractivity contribution in [1.29, 1.82) is 0 Å². The molecule has 0 N–H and O–H groups in total. The van der Waals surface area contributed by atoms with E-state index in [4.69, 9.17) is 4.74 Å².